The molecule has 1 aromatic carbocycles. The molecule has 1 aliphatic heterocycles. The van der Waals surface area contributed by atoms with Gasteiger partial charge in [-0.1, -0.05) is 33.8 Å². The second-order valence-corrected chi connectivity index (χ2v) is 8.98. The van der Waals surface area contributed by atoms with Crippen LogP contribution >= 0.6 is 11.8 Å². The molecule has 0 spiro atoms. The predicted molar refractivity (Wildman–Crippen MR) is 82.7 cm³/mol. The molecule has 1 aromatic rings. The van der Waals surface area contributed by atoms with E-state index in [-0.39, 0.29) is 15.6 Å². The molecule has 0 bridgehead atoms. The average Bonchev–Trinajstić information content (AvgIpc) is 2.12. The summed E-state index contributed by atoms with van der Waals surface area (Å²) in [5, 5.41) is 0. The molecule has 0 nitrogen and oxygen atoms in total. The van der Waals surface area contributed by atoms with Crippen LogP contribution in [0.15, 0.2) is 17.0 Å². The van der Waals surface area contributed by atoms with Gasteiger partial charge in [-0.3, -0.25) is 0 Å². The van der Waals surface area contributed by atoms with Crippen LogP contribution in [0.3, 0.4) is 0 Å². The van der Waals surface area contributed by atoms with Gasteiger partial charge in [-0.25, -0.2) is 0 Å². The van der Waals surface area contributed by atoms with Crippen LogP contribution in [0.25, 0.3) is 0 Å². The summed E-state index contributed by atoms with van der Waals surface area (Å²) >= 11 is 2.05. The van der Waals surface area contributed by atoms with Crippen molar-refractivity contribution in [3.05, 3.63) is 28.8 Å². The molecule has 0 aromatic heterocycles. The third-order valence-corrected chi connectivity index (χ3v) is 7.06. The van der Waals surface area contributed by atoms with Gasteiger partial charge < -0.3 is 0 Å². The Morgan fingerprint density at radius 2 is 1.44 bits per heavy atom. The van der Waals surface area contributed by atoms with Crippen LogP contribution in [0, 0.1) is 19.3 Å². The van der Waals surface area contributed by atoms with Crippen molar-refractivity contribution < 1.29 is 0 Å². The Morgan fingerprint density at radius 3 is 2.00 bits per heavy atom. The van der Waals surface area contributed by atoms with Crippen LogP contribution in [-0.2, 0) is 5.41 Å². The van der Waals surface area contributed by atoms with Gasteiger partial charge in [0, 0.05) is 9.64 Å². The summed E-state index contributed by atoms with van der Waals surface area (Å²) in [7, 11) is 0. The molecule has 0 N–H and O–H groups in total. The lowest BCUT2D eigenvalue weighted by atomic mass is 9.57. The summed E-state index contributed by atoms with van der Waals surface area (Å²) in [5.74, 6) is 0. The molecule has 0 saturated carbocycles. The topological polar surface area (TPSA) is 0 Å². The van der Waals surface area contributed by atoms with Gasteiger partial charge in [0.15, 0.2) is 0 Å². The maximum Gasteiger partial charge on any atom is 0.0210 e. The highest BCUT2D eigenvalue weighted by Crippen LogP contribution is 2.62. The van der Waals surface area contributed by atoms with E-state index in [1.165, 1.54) is 16.0 Å². The van der Waals surface area contributed by atoms with Crippen molar-refractivity contribution in [2.24, 2.45) is 5.41 Å². The first-order valence-electron chi connectivity index (χ1n) is 6.81. The molecule has 0 radical (unpaired) electrons. The normalized spacial score (nSPS) is 23.6. The van der Waals surface area contributed by atoms with E-state index in [2.05, 4.69) is 79.3 Å². The average molecular weight is 262 g/mol. The summed E-state index contributed by atoms with van der Waals surface area (Å²) in [4.78, 5) is 1.49. The maximum atomic E-state index is 2.42. The van der Waals surface area contributed by atoms with Crippen LogP contribution < -0.4 is 0 Å². The maximum absolute atomic E-state index is 2.42. The smallest absolute Gasteiger partial charge is 0.0210 e. The van der Waals surface area contributed by atoms with E-state index in [1.54, 1.807) is 5.56 Å². The van der Waals surface area contributed by atoms with Gasteiger partial charge >= 0.3 is 0 Å². The minimum Gasteiger partial charge on any atom is -0.119 e. The Labute approximate surface area is 117 Å². The highest BCUT2D eigenvalue weighted by molar-refractivity contribution is 8.00. The molecular weight excluding hydrogens is 236 g/mol. The van der Waals surface area contributed by atoms with Gasteiger partial charge in [0.2, 0.25) is 0 Å². The zero-order valence-corrected chi connectivity index (χ0v) is 13.9. The van der Waals surface area contributed by atoms with Crippen LogP contribution in [0.4, 0.5) is 0 Å². The monoisotopic (exact) mass is 262 g/mol. The predicted octanol–water partition coefficient (Wildman–Crippen LogP) is 5.49. The van der Waals surface area contributed by atoms with Gasteiger partial charge in [0.05, 0.1) is 0 Å². The molecule has 1 aliphatic rings. The molecule has 2 rings (SSSR count). The van der Waals surface area contributed by atoms with Crippen LogP contribution in [-0.4, -0.2) is 4.75 Å². The number of hydrogen-bond donors (Lipinski definition) is 0. The first-order chi connectivity index (χ1) is 8.00. The summed E-state index contributed by atoms with van der Waals surface area (Å²) in [6, 6.07) is 4.70. The Balaban J connectivity index is 2.77. The third kappa shape index (κ3) is 1.66. The third-order valence-electron chi connectivity index (χ3n) is 5.50. The number of aryl methyl sites for hydroxylation is 2. The summed E-state index contributed by atoms with van der Waals surface area (Å²) < 4.78 is 0.254. The molecule has 0 aliphatic carbocycles. The van der Waals surface area contributed by atoms with Crippen molar-refractivity contribution in [2.75, 3.05) is 0 Å². The fourth-order valence-electron chi connectivity index (χ4n) is 3.28. The number of hydrogen-bond acceptors (Lipinski definition) is 1. The fourth-order valence-corrected chi connectivity index (χ4v) is 5.10. The molecule has 18 heavy (non-hydrogen) atoms. The van der Waals surface area contributed by atoms with E-state index >= 15 is 0 Å². The lowest BCUT2D eigenvalue weighted by molar-refractivity contribution is 0.139. The van der Waals surface area contributed by atoms with Gasteiger partial charge in [-0.2, -0.15) is 0 Å². The van der Waals surface area contributed by atoms with Crippen LogP contribution in [0.1, 0.15) is 58.2 Å². The molecule has 0 fully saturated rings. The second-order valence-electron chi connectivity index (χ2n) is 7.32. The molecular formula is C17H26S. The van der Waals surface area contributed by atoms with Crippen LogP contribution in [0.2, 0.25) is 0 Å². The first kappa shape index (κ1) is 14.0. The Kier molecular flexibility index (Phi) is 2.94. The number of rotatable bonds is 0. The van der Waals surface area contributed by atoms with Gasteiger partial charge in [0.25, 0.3) is 0 Å². The molecule has 1 heteroatoms. The number of thioether (sulfide) groups is 1. The van der Waals surface area contributed by atoms with Crippen LogP contribution in [0.5, 0.6) is 0 Å². The second kappa shape index (κ2) is 3.79. The van der Waals surface area contributed by atoms with E-state index in [4.69, 9.17) is 0 Å². The lowest BCUT2D eigenvalue weighted by Crippen LogP contribution is -2.52. The highest BCUT2D eigenvalue weighted by Gasteiger charge is 2.53. The number of benzene rings is 1. The quantitative estimate of drug-likeness (QED) is 0.595. The summed E-state index contributed by atoms with van der Waals surface area (Å²) in [5.41, 5.74) is 4.85. The van der Waals surface area contributed by atoms with Crippen molar-refractivity contribution in [3.8, 4) is 0 Å². The van der Waals surface area contributed by atoms with Crippen molar-refractivity contribution in [1.29, 1.82) is 0 Å². The van der Waals surface area contributed by atoms with E-state index in [0.717, 1.165) is 0 Å². The van der Waals surface area contributed by atoms with Crippen molar-refractivity contribution in [1.82, 2.24) is 0 Å². The van der Waals surface area contributed by atoms with Crippen molar-refractivity contribution >= 4 is 11.8 Å². The SMILES string of the molecule is Cc1cc(C)c2c(c1)SC(C)(C)C(C)(C)C2(C)C. The zero-order valence-electron chi connectivity index (χ0n) is 13.1. The molecule has 100 valence electrons. The summed E-state index contributed by atoms with van der Waals surface area (Å²) in [6.07, 6.45) is 0. The number of fused-ring (bicyclic) bond motifs is 1. The highest BCUT2D eigenvalue weighted by atomic mass is 32.2. The van der Waals surface area contributed by atoms with E-state index in [0.29, 0.717) is 0 Å². The molecule has 0 unspecified atom stereocenters. The van der Waals surface area contributed by atoms with E-state index in [1.807, 2.05) is 0 Å². The fraction of sp³-hybridized carbons (Fsp3) is 0.647. The minimum absolute atomic E-state index is 0.203. The van der Waals surface area contributed by atoms with E-state index < -0.39 is 0 Å². The van der Waals surface area contributed by atoms with E-state index in [9.17, 15) is 0 Å². The van der Waals surface area contributed by atoms with Gasteiger partial charge in [-0.05, 0) is 61.3 Å². The molecule has 0 saturated heterocycles. The summed E-state index contributed by atoms with van der Waals surface area (Å²) in [6.45, 7) is 18.9. The standard InChI is InChI=1S/C17H26S/c1-11-9-12(2)14-13(10-11)18-17(7,8)16(5,6)15(14,3)4/h9-10H,1-8H3. The minimum atomic E-state index is 0.203. The lowest BCUT2D eigenvalue weighted by Gasteiger charge is -2.56. The van der Waals surface area contributed by atoms with Gasteiger partial charge in [-0.15, -0.1) is 11.8 Å². The first-order valence-corrected chi connectivity index (χ1v) is 7.63. The van der Waals surface area contributed by atoms with Gasteiger partial charge in [0.1, 0.15) is 0 Å². The Morgan fingerprint density at radius 1 is 0.889 bits per heavy atom. The molecule has 1 heterocycles. The largest absolute Gasteiger partial charge is 0.119 e. The van der Waals surface area contributed by atoms with Crippen molar-refractivity contribution in [2.45, 2.75) is 70.4 Å². The Hall–Kier alpha value is -0.430. The molecule has 0 amide bonds. The van der Waals surface area contributed by atoms with Crippen molar-refractivity contribution in [3.63, 3.8) is 0 Å². The zero-order chi connectivity index (χ0) is 13.9. The Bertz CT molecular complexity index is 493. The molecule has 0 atom stereocenters.